The van der Waals surface area contributed by atoms with E-state index in [4.69, 9.17) is 0 Å². The van der Waals surface area contributed by atoms with E-state index in [0.717, 1.165) is 5.56 Å². The Labute approximate surface area is 144 Å². The van der Waals surface area contributed by atoms with Gasteiger partial charge >= 0.3 is 0 Å². The predicted molar refractivity (Wildman–Crippen MR) is 92.1 cm³/mol. The Bertz CT molecular complexity index is 903. The van der Waals surface area contributed by atoms with Crippen molar-refractivity contribution < 1.29 is 14.6 Å². The Morgan fingerprint density at radius 3 is 2.80 bits per heavy atom. The number of anilines is 1. The number of aromatic hydroxyl groups is 1. The van der Waals surface area contributed by atoms with Crippen molar-refractivity contribution in [2.75, 3.05) is 18.0 Å². The highest BCUT2D eigenvalue weighted by Gasteiger charge is 2.20. The molecule has 3 heterocycles. The molecule has 1 fully saturated rings. The zero-order valence-electron chi connectivity index (χ0n) is 13.6. The van der Waals surface area contributed by atoms with Crippen molar-refractivity contribution in [2.45, 2.75) is 25.5 Å². The lowest BCUT2D eigenvalue weighted by molar-refractivity contribution is 0.145. The molecule has 7 heteroatoms. The Hall–Kier alpha value is -2.67. The summed E-state index contributed by atoms with van der Waals surface area (Å²) in [6.07, 6.45) is 4.51. The fraction of sp³-hybridized carbons (Fsp3) is 0.333. The molecule has 6 nitrogen and oxygen atoms in total. The number of aromatic nitrogens is 3. The lowest BCUT2D eigenvalue weighted by atomic mass is 10.1. The van der Waals surface area contributed by atoms with Crippen LogP contribution in [0.15, 0.2) is 36.7 Å². The fourth-order valence-corrected chi connectivity index (χ4v) is 3.19. The van der Waals surface area contributed by atoms with Gasteiger partial charge in [-0.2, -0.15) is 0 Å². The zero-order valence-corrected chi connectivity index (χ0v) is 13.6. The molecular formula is C18H19FN4O2. The van der Waals surface area contributed by atoms with E-state index in [0.29, 0.717) is 49.3 Å². The number of fused-ring (bicyclic) bond motifs is 1. The predicted octanol–water partition coefficient (Wildman–Crippen LogP) is 2.29. The van der Waals surface area contributed by atoms with Crippen LogP contribution in [0.5, 0.6) is 5.88 Å². The molecule has 2 aromatic heterocycles. The highest BCUT2D eigenvalue weighted by molar-refractivity contribution is 5.84. The van der Waals surface area contributed by atoms with Crippen LogP contribution in [0.25, 0.3) is 10.9 Å². The van der Waals surface area contributed by atoms with Crippen molar-refractivity contribution in [3.05, 3.63) is 48.0 Å². The maximum atomic E-state index is 13.3. The van der Waals surface area contributed by atoms with Gasteiger partial charge in [-0.3, -0.25) is 0 Å². The van der Waals surface area contributed by atoms with Gasteiger partial charge in [-0.25, -0.2) is 14.4 Å². The topological polar surface area (TPSA) is 74.4 Å². The summed E-state index contributed by atoms with van der Waals surface area (Å²) in [7, 11) is 0. The molecule has 25 heavy (non-hydrogen) atoms. The lowest BCUT2D eigenvalue weighted by Gasteiger charge is -2.29. The van der Waals surface area contributed by atoms with Crippen LogP contribution < -0.4 is 4.90 Å². The molecule has 0 spiro atoms. The van der Waals surface area contributed by atoms with Gasteiger partial charge in [0, 0.05) is 25.5 Å². The van der Waals surface area contributed by atoms with Crippen molar-refractivity contribution in [3.8, 4) is 5.88 Å². The first kappa shape index (κ1) is 15.8. The summed E-state index contributed by atoms with van der Waals surface area (Å²) in [5, 5.41) is 20.6. The number of nitrogens with zero attached hydrogens (tertiary/aromatic N) is 4. The molecule has 3 aromatic rings. The average molecular weight is 342 g/mol. The van der Waals surface area contributed by atoms with Crippen molar-refractivity contribution in [1.82, 2.24) is 14.5 Å². The normalized spacial score (nSPS) is 15.8. The van der Waals surface area contributed by atoms with Gasteiger partial charge in [-0.1, -0.05) is 12.1 Å². The number of aliphatic hydroxyl groups is 1. The van der Waals surface area contributed by atoms with Gasteiger partial charge in [0.05, 0.1) is 23.6 Å². The average Bonchev–Trinajstić information content (AvgIpc) is 2.91. The van der Waals surface area contributed by atoms with Crippen molar-refractivity contribution in [1.29, 1.82) is 0 Å². The van der Waals surface area contributed by atoms with E-state index in [1.165, 1.54) is 12.1 Å². The van der Waals surface area contributed by atoms with E-state index in [-0.39, 0.29) is 17.8 Å². The van der Waals surface area contributed by atoms with Gasteiger partial charge in [0.15, 0.2) is 0 Å². The van der Waals surface area contributed by atoms with E-state index in [1.807, 2.05) is 11.0 Å². The van der Waals surface area contributed by atoms with E-state index >= 15 is 0 Å². The summed E-state index contributed by atoms with van der Waals surface area (Å²) < 4.78 is 15.0. The molecule has 0 radical (unpaired) electrons. The Morgan fingerprint density at radius 2 is 2.04 bits per heavy atom. The van der Waals surface area contributed by atoms with Crippen molar-refractivity contribution >= 4 is 16.9 Å². The maximum Gasteiger partial charge on any atom is 0.225 e. The van der Waals surface area contributed by atoms with Crippen LogP contribution in [0.2, 0.25) is 0 Å². The molecule has 1 aliphatic rings. The van der Waals surface area contributed by atoms with Gasteiger partial charge in [0.2, 0.25) is 11.8 Å². The van der Waals surface area contributed by atoms with Crippen LogP contribution in [0.1, 0.15) is 18.4 Å². The third kappa shape index (κ3) is 3.15. The highest BCUT2D eigenvalue weighted by atomic mass is 19.1. The first-order valence-corrected chi connectivity index (χ1v) is 8.32. The van der Waals surface area contributed by atoms with Crippen LogP contribution in [-0.2, 0) is 6.54 Å². The first-order valence-electron chi connectivity index (χ1n) is 8.32. The highest BCUT2D eigenvalue weighted by Crippen LogP contribution is 2.28. The number of piperidine rings is 1. The summed E-state index contributed by atoms with van der Waals surface area (Å²) in [4.78, 5) is 10.9. The first-order chi connectivity index (χ1) is 12.1. The second-order valence-corrected chi connectivity index (χ2v) is 6.40. The summed E-state index contributed by atoms with van der Waals surface area (Å²) in [5.41, 5.74) is 1.40. The summed E-state index contributed by atoms with van der Waals surface area (Å²) in [6.45, 7) is 1.77. The van der Waals surface area contributed by atoms with Crippen LogP contribution in [-0.4, -0.2) is 43.9 Å². The minimum absolute atomic E-state index is 0.0693. The Morgan fingerprint density at radius 1 is 1.24 bits per heavy atom. The van der Waals surface area contributed by atoms with Gasteiger partial charge in [-0.15, -0.1) is 0 Å². The summed E-state index contributed by atoms with van der Waals surface area (Å²) in [6, 6.07) is 6.29. The molecule has 130 valence electrons. The second-order valence-electron chi connectivity index (χ2n) is 6.40. The smallest absolute Gasteiger partial charge is 0.225 e. The Kier molecular flexibility index (Phi) is 4.01. The third-order valence-corrected chi connectivity index (χ3v) is 4.59. The number of benzene rings is 1. The zero-order chi connectivity index (χ0) is 17.4. The van der Waals surface area contributed by atoms with Crippen LogP contribution in [0.4, 0.5) is 10.3 Å². The van der Waals surface area contributed by atoms with Gasteiger partial charge in [-0.05, 0) is 30.5 Å². The number of halogens is 1. The van der Waals surface area contributed by atoms with E-state index in [9.17, 15) is 14.6 Å². The summed E-state index contributed by atoms with van der Waals surface area (Å²) in [5.74, 6) is 0.366. The van der Waals surface area contributed by atoms with Gasteiger partial charge < -0.3 is 19.7 Å². The van der Waals surface area contributed by atoms with Crippen LogP contribution in [0, 0.1) is 5.82 Å². The van der Waals surface area contributed by atoms with Crippen LogP contribution in [0.3, 0.4) is 0 Å². The second kappa shape index (κ2) is 6.33. The quantitative estimate of drug-likeness (QED) is 0.764. The maximum absolute atomic E-state index is 13.3. The molecule has 0 atom stereocenters. The Balaban J connectivity index is 1.63. The monoisotopic (exact) mass is 342 g/mol. The van der Waals surface area contributed by atoms with Crippen molar-refractivity contribution in [3.63, 3.8) is 0 Å². The molecule has 1 saturated heterocycles. The molecule has 1 aromatic carbocycles. The van der Waals surface area contributed by atoms with Gasteiger partial charge in [0.1, 0.15) is 5.82 Å². The SMILES string of the molecule is Oc1c2cnc(N3CCC(O)CC3)nc2cn1Cc1cccc(F)c1. The minimum Gasteiger partial charge on any atom is -0.494 e. The molecule has 0 amide bonds. The molecule has 0 unspecified atom stereocenters. The number of aliphatic hydroxyl groups excluding tert-OH is 1. The van der Waals surface area contributed by atoms with Gasteiger partial charge in [0.25, 0.3) is 0 Å². The molecule has 1 aliphatic heterocycles. The van der Waals surface area contributed by atoms with Crippen molar-refractivity contribution in [2.24, 2.45) is 0 Å². The molecular weight excluding hydrogens is 323 g/mol. The molecule has 0 bridgehead atoms. The number of rotatable bonds is 3. The largest absolute Gasteiger partial charge is 0.494 e. The number of hydrogen-bond acceptors (Lipinski definition) is 5. The molecule has 0 saturated carbocycles. The van der Waals surface area contributed by atoms with Crippen LogP contribution >= 0.6 is 0 Å². The summed E-state index contributed by atoms with van der Waals surface area (Å²) >= 11 is 0. The third-order valence-electron chi connectivity index (χ3n) is 4.59. The lowest BCUT2D eigenvalue weighted by Crippen LogP contribution is -2.36. The minimum atomic E-state index is -0.303. The van der Waals surface area contributed by atoms with E-state index < -0.39 is 0 Å². The van der Waals surface area contributed by atoms with E-state index in [2.05, 4.69) is 9.97 Å². The molecule has 0 aliphatic carbocycles. The molecule has 4 rings (SSSR count). The fourth-order valence-electron chi connectivity index (χ4n) is 3.19. The van der Waals surface area contributed by atoms with E-state index in [1.54, 1.807) is 23.0 Å². The number of hydrogen-bond donors (Lipinski definition) is 2. The standard InChI is InChI=1S/C18H19FN4O2/c19-13-3-1-2-12(8-13)10-23-11-16-15(17(23)25)9-20-18(21-16)22-6-4-14(24)5-7-22/h1-3,8-9,11,14,24-25H,4-7,10H2. The molecule has 2 N–H and O–H groups in total.